The number of aromatic hydroxyl groups is 1. The molecular weight excluding hydrogens is 343 g/mol. The van der Waals surface area contributed by atoms with Gasteiger partial charge in [0.2, 0.25) is 0 Å². The summed E-state index contributed by atoms with van der Waals surface area (Å²) in [5.74, 6) is -0.163. The van der Waals surface area contributed by atoms with E-state index in [0.717, 1.165) is 5.56 Å². The lowest BCUT2D eigenvalue weighted by molar-refractivity contribution is 0.102. The Kier molecular flexibility index (Phi) is 3.81. The quantitative estimate of drug-likeness (QED) is 0.816. The van der Waals surface area contributed by atoms with Crippen LogP contribution in [0.15, 0.2) is 36.7 Å². The monoisotopic (exact) mass is 354 g/mol. The number of nitrogens with zero attached hydrogens (tertiary/aromatic N) is 1. The Morgan fingerprint density at radius 1 is 1.39 bits per heavy atom. The van der Waals surface area contributed by atoms with Crippen LogP contribution in [0.25, 0.3) is 0 Å². The second-order valence-corrected chi connectivity index (χ2v) is 4.97. The first-order chi connectivity index (χ1) is 8.58. The van der Waals surface area contributed by atoms with Gasteiger partial charge in [-0.05, 0) is 59.3 Å². The van der Waals surface area contributed by atoms with Gasteiger partial charge in [-0.1, -0.05) is 0 Å². The molecule has 2 rings (SSSR count). The molecule has 0 saturated heterocycles. The van der Waals surface area contributed by atoms with Gasteiger partial charge in [0.1, 0.15) is 5.75 Å². The zero-order valence-electron chi connectivity index (χ0n) is 9.64. The van der Waals surface area contributed by atoms with Crippen LogP contribution in [0.5, 0.6) is 5.75 Å². The van der Waals surface area contributed by atoms with Crippen molar-refractivity contribution < 1.29 is 9.90 Å². The predicted octanol–water partition coefficient (Wildman–Crippen LogP) is 2.95. The first kappa shape index (κ1) is 12.8. The van der Waals surface area contributed by atoms with Gasteiger partial charge < -0.3 is 10.4 Å². The fraction of sp³-hybridized carbons (Fsp3) is 0.0769. The van der Waals surface area contributed by atoms with E-state index in [1.807, 2.05) is 35.6 Å². The number of phenols is 1. The molecule has 1 aromatic heterocycles. The average molecular weight is 354 g/mol. The largest absolute Gasteiger partial charge is 0.507 e. The summed E-state index contributed by atoms with van der Waals surface area (Å²) in [5.41, 5.74) is 2.02. The van der Waals surface area contributed by atoms with Crippen LogP contribution < -0.4 is 5.32 Å². The summed E-state index contributed by atoms with van der Waals surface area (Å²) in [7, 11) is 0. The number of hydrogen-bond acceptors (Lipinski definition) is 3. The van der Waals surface area contributed by atoms with E-state index in [-0.39, 0.29) is 11.7 Å². The second-order valence-electron chi connectivity index (χ2n) is 3.81. The molecule has 0 aliphatic rings. The first-order valence-electron chi connectivity index (χ1n) is 5.28. The highest BCUT2D eigenvalue weighted by atomic mass is 127. The van der Waals surface area contributed by atoms with Crippen molar-refractivity contribution in [3.8, 4) is 5.75 Å². The molecule has 5 heteroatoms. The van der Waals surface area contributed by atoms with Gasteiger partial charge in [0.15, 0.2) is 0 Å². The summed E-state index contributed by atoms with van der Waals surface area (Å²) in [6.45, 7) is 1.89. The Morgan fingerprint density at radius 2 is 2.17 bits per heavy atom. The number of benzene rings is 1. The number of phenolic OH excluding ortho intramolecular Hbond substituents is 1. The fourth-order valence-electron chi connectivity index (χ4n) is 1.44. The zero-order chi connectivity index (χ0) is 13.1. The number of carbonyl (C=O) groups excluding carboxylic acids is 1. The van der Waals surface area contributed by atoms with Crippen molar-refractivity contribution in [1.29, 1.82) is 0 Å². The average Bonchev–Trinajstić information content (AvgIpc) is 2.35. The molecule has 0 fully saturated rings. The number of pyridine rings is 1. The van der Waals surface area contributed by atoms with Crippen molar-refractivity contribution in [2.45, 2.75) is 6.92 Å². The molecule has 0 saturated carbocycles. The maximum absolute atomic E-state index is 12.0. The van der Waals surface area contributed by atoms with Gasteiger partial charge in [-0.15, -0.1) is 0 Å². The SMILES string of the molecule is Cc1ccncc1NC(=O)c1ccc(I)c(O)c1. The van der Waals surface area contributed by atoms with Gasteiger partial charge in [-0.2, -0.15) is 0 Å². The van der Waals surface area contributed by atoms with Crippen LogP contribution in [0.2, 0.25) is 0 Å². The van der Waals surface area contributed by atoms with Crippen LogP contribution in [-0.4, -0.2) is 16.0 Å². The van der Waals surface area contributed by atoms with Gasteiger partial charge in [0.05, 0.1) is 15.5 Å². The van der Waals surface area contributed by atoms with Crippen LogP contribution in [-0.2, 0) is 0 Å². The summed E-state index contributed by atoms with van der Waals surface area (Å²) in [5, 5.41) is 12.3. The molecule has 92 valence electrons. The van der Waals surface area contributed by atoms with Crippen LogP contribution >= 0.6 is 22.6 Å². The molecule has 2 aromatic rings. The van der Waals surface area contributed by atoms with Gasteiger partial charge in [0.25, 0.3) is 5.91 Å². The molecule has 18 heavy (non-hydrogen) atoms. The lowest BCUT2D eigenvalue weighted by atomic mass is 10.2. The number of halogens is 1. The molecule has 4 nitrogen and oxygen atoms in total. The lowest BCUT2D eigenvalue weighted by Crippen LogP contribution is -2.12. The third kappa shape index (κ3) is 2.79. The normalized spacial score (nSPS) is 10.1. The Labute approximate surface area is 118 Å². The Hall–Kier alpha value is -1.63. The maximum atomic E-state index is 12.0. The molecule has 0 aliphatic carbocycles. The standard InChI is InChI=1S/C13H11IN2O2/c1-8-4-5-15-7-11(8)16-13(18)9-2-3-10(14)12(17)6-9/h2-7,17H,1H3,(H,16,18). The van der Waals surface area contributed by atoms with Gasteiger partial charge in [-0.3, -0.25) is 9.78 Å². The minimum atomic E-state index is -0.266. The number of anilines is 1. The number of aromatic nitrogens is 1. The van der Waals surface area contributed by atoms with E-state index in [2.05, 4.69) is 10.3 Å². The van der Waals surface area contributed by atoms with Crippen molar-refractivity contribution in [3.63, 3.8) is 0 Å². The van der Waals surface area contributed by atoms with Crippen LogP contribution in [0, 0.1) is 10.5 Å². The topological polar surface area (TPSA) is 62.2 Å². The number of rotatable bonds is 2. The highest BCUT2D eigenvalue weighted by Crippen LogP contribution is 2.21. The zero-order valence-corrected chi connectivity index (χ0v) is 11.8. The molecule has 0 radical (unpaired) electrons. The number of hydrogen-bond donors (Lipinski definition) is 2. The highest BCUT2D eigenvalue weighted by molar-refractivity contribution is 14.1. The van der Waals surface area contributed by atoms with Gasteiger partial charge >= 0.3 is 0 Å². The van der Waals surface area contributed by atoms with Crippen molar-refractivity contribution in [1.82, 2.24) is 4.98 Å². The summed E-state index contributed by atoms with van der Waals surface area (Å²) < 4.78 is 0.710. The molecule has 0 unspecified atom stereocenters. The smallest absolute Gasteiger partial charge is 0.255 e. The molecule has 0 aliphatic heterocycles. The van der Waals surface area contributed by atoms with E-state index in [1.54, 1.807) is 24.5 Å². The highest BCUT2D eigenvalue weighted by Gasteiger charge is 2.09. The molecule has 1 heterocycles. The third-order valence-corrected chi connectivity index (χ3v) is 3.41. The third-order valence-electron chi connectivity index (χ3n) is 2.50. The molecule has 0 spiro atoms. The van der Waals surface area contributed by atoms with E-state index < -0.39 is 0 Å². The summed E-state index contributed by atoms with van der Waals surface area (Å²) in [4.78, 5) is 15.9. The fourth-order valence-corrected chi connectivity index (χ4v) is 1.78. The van der Waals surface area contributed by atoms with Crippen LogP contribution in [0.4, 0.5) is 5.69 Å². The predicted molar refractivity (Wildman–Crippen MR) is 77.8 cm³/mol. The van der Waals surface area contributed by atoms with Crippen LogP contribution in [0.3, 0.4) is 0 Å². The van der Waals surface area contributed by atoms with Crippen molar-refractivity contribution in [2.24, 2.45) is 0 Å². The summed E-state index contributed by atoms with van der Waals surface area (Å²) >= 11 is 2.00. The maximum Gasteiger partial charge on any atom is 0.255 e. The van der Waals surface area contributed by atoms with Crippen LogP contribution in [0.1, 0.15) is 15.9 Å². The number of carbonyl (C=O) groups is 1. The van der Waals surface area contributed by atoms with Crippen molar-refractivity contribution in [3.05, 3.63) is 51.4 Å². The van der Waals surface area contributed by atoms with Gasteiger partial charge in [0, 0.05) is 11.8 Å². The van der Waals surface area contributed by atoms with Gasteiger partial charge in [-0.25, -0.2) is 0 Å². The van der Waals surface area contributed by atoms with E-state index in [4.69, 9.17) is 0 Å². The Balaban J connectivity index is 2.22. The van der Waals surface area contributed by atoms with E-state index in [9.17, 15) is 9.90 Å². The molecule has 0 bridgehead atoms. The molecule has 0 atom stereocenters. The van der Waals surface area contributed by atoms with E-state index in [1.165, 1.54) is 6.07 Å². The minimum Gasteiger partial charge on any atom is -0.507 e. The van der Waals surface area contributed by atoms with Crippen molar-refractivity contribution >= 4 is 34.2 Å². The minimum absolute atomic E-state index is 0.103. The molecular formula is C13H11IN2O2. The molecule has 1 aromatic carbocycles. The van der Waals surface area contributed by atoms with Crippen molar-refractivity contribution in [2.75, 3.05) is 5.32 Å². The summed E-state index contributed by atoms with van der Waals surface area (Å²) in [6.07, 6.45) is 3.27. The number of nitrogens with one attached hydrogen (secondary N) is 1. The first-order valence-corrected chi connectivity index (χ1v) is 6.36. The number of aryl methyl sites for hydroxylation is 1. The van der Waals surface area contributed by atoms with E-state index >= 15 is 0 Å². The molecule has 1 amide bonds. The molecule has 2 N–H and O–H groups in total. The Morgan fingerprint density at radius 3 is 2.83 bits per heavy atom. The second kappa shape index (κ2) is 5.34. The summed E-state index contributed by atoms with van der Waals surface area (Å²) in [6, 6.07) is 6.63. The number of amides is 1. The van der Waals surface area contributed by atoms with E-state index in [0.29, 0.717) is 14.8 Å². The lowest BCUT2D eigenvalue weighted by Gasteiger charge is -2.08. The Bertz CT molecular complexity index is 599.